The lowest BCUT2D eigenvalue weighted by Gasteiger charge is -2.25. The molecule has 2 rings (SSSR count). The normalized spacial score (nSPS) is 13.5. The van der Waals surface area contributed by atoms with Crippen molar-refractivity contribution >= 4 is 0 Å². The molecule has 0 bridgehead atoms. The first-order valence-corrected chi connectivity index (χ1v) is 7.36. The van der Waals surface area contributed by atoms with Crippen LogP contribution in [-0.2, 0) is 0 Å². The number of ether oxygens (including phenoxy) is 2. The Labute approximate surface area is 126 Å². The van der Waals surface area contributed by atoms with Gasteiger partial charge in [-0.3, -0.25) is 0 Å². The molecular formula is C18H23NO2. The maximum Gasteiger partial charge on any atom is 0.123 e. The fraction of sp³-hybridized carbons (Fsp3) is 0.333. The Bertz CT molecular complexity index is 542. The first kappa shape index (κ1) is 15.4. The molecule has 3 heteroatoms. The molecule has 0 aliphatic rings. The summed E-state index contributed by atoms with van der Waals surface area (Å²) >= 11 is 0. The average molecular weight is 285 g/mol. The van der Waals surface area contributed by atoms with Gasteiger partial charge in [0.05, 0.1) is 12.6 Å². The van der Waals surface area contributed by atoms with E-state index < -0.39 is 0 Å². The van der Waals surface area contributed by atoms with Gasteiger partial charge in [-0.25, -0.2) is 0 Å². The van der Waals surface area contributed by atoms with Gasteiger partial charge >= 0.3 is 0 Å². The molecule has 0 radical (unpaired) electrons. The summed E-state index contributed by atoms with van der Waals surface area (Å²) in [6.07, 6.45) is 0.00859. The molecule has 0 aromatic heterocycles. The van der Waals surface area contributed by atoms with Gasteiger partial charge in [-0.05, 0) is 38.6 Å². The molecule has 0 saturated carbocycles. The number of benzene rings is 2. The van der Waals surface area contributed by atoms with Gasteiger partial charge in [0.15, 0.2) is 0 Å². The summed E-state index contributed by atoms with van der Waals surface area (Å²) in [5, 5.41) is 3.32. The van der Waals surface area contributed by atoms with E-state index >= 15 is 0 Å². The van der Waals surface area contributed by atoms with E-state index in [1.54, 1.807) is 0 Å². The highest BCUT2D eigenvalue weighted by molar-refractivity contribution is 5.33. The molecule has 0 spiro atoms. The highest BCUT2D eigenvalue weighted by Gasteiger charge is 2.19. The van der Waals surface area contributed by atoms with E-state index in [0.29, 0.717) is 6.61 Å². The summed E-state index contributed by atoms with van der Waals surface area (Å²) in [6, 6.07) is 18.2. The third-order valence-electron chi connectivity index (χ3n) is 3.38. The molecule has 2 atom stereocenters. The van der Waals surface area contributed by atoms with Crippen LogP contribution in [0.5, 0.6) is 11.5 Å². The molecule has 2 unspecified atom stereocenters. The van der Waals surface area contributed by atoms with Crippen molar-refractivity contribution in [3.63, 3.8) is 0 Å². The Kier molecular flexibility index (Phi) is 5.64. The van der Waals surface area contributed by atoms with E-state index in [2.05, 4.69) is 24.4 Å². The maximum absolute atomic E-state index is 6.07. The fourth-order valence-electron chi connectivity index (χ4n) is 2.42. The molecule has 0 aliphatic heterocycles. The molecule has 1 N–H and O–H groups in total. The van der Waals surface area contributed by atoms with Crippen molar-refractivity contribution < 1.29 is 9.47 Å². The van der Waals surface area contributed by atoms with Crippen LogP contribution in [0.15, 0.2) is 54.6 Å². The Morgan fingerprint density at radius 3 is 2.38 bits per heavy atom. The number of rotatable bonds is 7. The van der Waals surface area contributed by atoms with E-state index in [9.17, 15) is 0 Å². The van der Waals surface area contributed by atoms with Gasteiger partial charge in [0, 0.05) is 6.07 Å². The maximum atomic E-state index is 6.07. The quantitative estimate of drug-likeness (QED) is 0.839. The van der Waals surface area contributed by atoms with Gasteiger partial charge in [-0.1, -0.05) is 36.4 Å². The van der Waals surface area contributed by atoms with Gasteiger partial charge in [-0.2, -0.15) is 0 Å². The molecule has 0 saturated heterocycles. The van der Waals surface area contributed by atoms with Crippen molar-refractivity contribution in [1.29, 1.82) is 0 Å². The summed E-state index contributed by atoms with van der Waals surface area (Å²) in [5.41, 5.74) is 1.22. The molecule has 21 heavy (non-hydrogen) atoms. The molecule has 0 heterocycles. The van der Waals surface area contributed by atoms with E-state index in [-0.39, 0.29) is 12.1 Å². The zero-order valence-corrected chi connectivity index (χ0v) is 12.9. The monoisotopic (exact) mass is 285 g/mol. The van der Waals surface area contributed by atoms with Gasteiger partial charge in [-0.15, -0.1) is 0 Å². The summed E-state index contributed by atoms with van der Waals surface area (Å²) in [7, 11) is 1.95. The number of hydrogen-bond acceptors (Lipinski definition) is 3. The van der Waals surface area contributed by atoms with E-state index in [1.165, 1.54) is 5.56 Å². The van der Waals surface area contributed by atoms with Crippen LogP contribution >= 0.6 is 0 Å². The SMILES string of the molecule is CCOc1cccc(OC(C)C(NC)c2ccccc2)c1. The standard InChI is InChI=1S/C18H23NO2/c1-4-20-16-11-8-12-17(13-16)21-14(2)18(19-3)15-9-6-5-7-10-15/h5-14,18-19H,4H2,1-3H3. The third-order valence-corrected chi connectivity index (χ3v) is 3.38. The summed E-state index contributed by atoms with van der Waals surface area (Å²) in [5.74, 6) is 1.66. The fourth-order valence-corrected chi connectivity index (χ4v) is 2.42. The van der Waals surface area contributed by atoms with Crippen molar-refractivity contribution in [3.8, 4) is 11.5 Å². The van der Waals surface area contributed by atoms with Crippen molar-refractivity contribution in [1.82, 2.24) is 5.32 Å². The minimum absolute atomic E-state index is 0.00859. The second kappa shape index (κ2) is 7.70. The molecular weight excluding hydrogens is 262 g/mol. The van der Waals surface area contributed by atoms with Crippen molar-refractivity contribution in [2.24, 2.45) is 0 Å². The van der Waals surface area contributed by atoms with Crippen LogP contribution in [-0.4, -0.2) is 19.8 Å². The van der Waals surface area contributed by atoms with Crippen LogP contribution in [0.2, 0.25) is 0 Å². The third kappa shape index (κ3) is 4.23. The predicted octanol–water partition coefficient (Wildman–Crippen LogP) is 3.81. The topological polar surface area (TPSA) is 30.5 Å². The number of likely N-dealkylation sites (N-methyl/N-ethyl adjacent to an activating group) is 1. The number of hydrogen-bond donors (Lipinski definition) is 1. The Balaban J connectivity index is 2.09. The summed E-state index contributed by atoms with van der Waals surface area (Å²) < 4.78 is 11.6. The summed E-state index contributed by atoms with van der Waals surface area (Å²) in [6.45, 7) is 4.70. The molecule has 3 nitrogen and oxygen atoms in total. The van der Waals surface area contributed by atoms with Gasteiger partial charge in [0.25, 0.3) is 0 Å². The average Bonchev–Trinajstić information content (AvgIpc) is 2.50. The Morgan fingerprint density at radius 2 is 1.71 bits per heavy atom. The van der Waals surface area contributed by atoms with Crippen LogP contribution in [0.25, 0.3) is 0 Å². The minimum atomic E-state index is 0.00859. The van der Waals surface area contributed by atoms with Gasteiger partial charge in [0.2, 0.25) is 0 Å². The van der Waals surface area contributed by atoms with Crippen LogP contribution in [0, 0.1) is 0 Å². The molecule has 2 aromatic carbocycles. The van der Waals surface area contributed by atoms with E-state index in [0.717, 1.165) is 11.5 Å². The second-order valence-electron chi connectivity index (χ2n) is 4.91. The van der Waals surface area contributed by atoms with Crippen LogP contribution < -0.4 is 14.8 Å². The highest BCUT2D eigenvalue weighted by atomic mass is 16.5. The zero-order valence-electron chi connectivity index (χ0n) is 12.9. The highest BCUT2D eigenvalue weighted by Crippen LogP contribution is 2.24. The van der Waals surface area contributed by atoms with Gasteiger partial charge in [0.1, 0.15) is 17.6 Å². The Hall–Kier alpha value is -2.00. The second-order valence-corrected chi connectivity index (χ2v) is 4.91. The first-order chi connectivity index (χ1) is 10.2. The van der Waals surface area contributed by atoms with E-state index in [4.69, 9.17) is 9.47 Å². The summed E-state index contributed by atoms with van der Waals surface area (Å²) in [4.78, 5) is 0. The first-order valence-electron chi connectivity index (χ1n) is 7.36. The van der Waals surface area contributed by atoms with Crippen molar-refractivity contribution in [3.05, 3.63) is 60.2 Å². The lowest BCUT2D eigenvalue weighted by atomic mass is 10.0. The largest absolute Gasteiger partial charge is 0.494 e. The molecule has 0 fully saturated rings. The molecule has 2 aromatic rings. The van der Waals surface area contributed by atoms with Crippen LogP contribution in [0.3, 0.4) is 0 Å². The van der Waals surface area contributed by atoms with Crippen LogP contribution in [0.4, 0.5) is 0 Å². The predicted molar refractivity (Wildman–Crippen MR) is 85.9 cm³/mol. The molecule has 0 amide bonds. The minimum Gasteiger partial charge on any atom is -0.494 e. The van der Waals surface area contributed by atoms with Crippen LogP contribution in [0.1, 0.15) is 25.5 Å². The smallest absolute Gasteiger partial charge is 0.123 e. The molecule has 0 aliphatic carbocycles. The Morgan fingerprint density at radius 1 is 1.00 bits per heavy atom. The number of nitrogens with one attached hydrogen (secondary N) is 1. The molecule has 112 valence electrons. The lowest BCUT2D eigenvalue weighted by molar-refractivity contribution is 0.174. The lowest BCUT2D eigenvalue weighted by Crippen LogP contribution is -2.31. The van der Waals surface area contributed by atoms with Gasteiger partial charge < -0.3 is 14.8 Å². The zero-order chi connectivity index (χ0) is 15.1. The van der Waals surface area contributed by atoms with E-state index in [1.807, 2.05) is 56.4 Å². The van der Waals surface area contributed by atoms with Crippen molar-refractivity contribution in [2.45, 2.75) is 26.0 Å². The van der Waals surface area contributed by atoms with Crippen molar-refractivity contribution in [2.75, 3.05) is 13.7 Å².